The van der Waals surface area contributed by atoms with Crippen molar-refractivity contribution in [3.63, 3.8) is 0 Å². The number of amides is 3. The third-order valence-electron chi connectivity index (χ3n) is 5.08. The summed E-state index contributed by atoms with van der Waals surface area (Å²) in [5.41, 5.74) is 1.55. The van der Waals surface area contributed by atoms with E-state index in [0.717, 1.165) is 5.56 Å². The van der Waals surface area contributed by atoms with Gasteiger partial charge in [-0.05, 0) is 24.3 Å². The highest BCUT2D eigenvalue weighted by atomic mass is 16.2. The summed E-state index contributed by atoms with van der Waals surface area (Å²) in [6.45, 7) is 5.71. The molecule has 0 aliphatic rings. The van der Waals surface area contributed by atoms with Crippen LogP contribution >= 0.6 is 0 Å². The Morgan fingerprint density at radius 3 is 2.20 bits per heavy atom. The summed E-state index contributed by atoms with van der Waals surface area (Å²) in [5, 5.41) is 8.19. The number of hydrogen-bond donors (Lipinski definition) is 3. The van der Waals surface area contributed by atoms with E-state index in [4.69, 9.17) is 0 Å². The largest absolute Gasteiger partial charge is 0.353 e. The maximum atomic E-state index is 12.3. The molecular formula is C26H29N5O4. The molecular weight excluding hydrogens is 446 g/mol. The van der Waals surface area contributed by atoms with Crippen molar-refractivity contribution in [2.45, 2.75) is 27.3 Å². The fourth-order valence-corrected chi connectivity index (χ4v) is 3.03. The van der Waals surface area contributed by atoms with Crippen LogP contribution in [-0.4, -0.2) is 40.4 Å². The van der Waals surface area contributed by atoms with E-state index in [1.807, 2.05) is 51.1 Å². The molecule has 1 heterocycles. The minimum atomic E-state index is -0.517. The molecule has 9 nitrogen and oxygen atoms in total. The second kappa shape index (κ2) is 11.2. The van der Waals surface area contributed by atoms with E-state index in [2.05, 4.69) is 20.9 Å². The number of rotatable bonds is 8. The smallest absolute Gasteiger partial charge is 0.254 e. The van der Waals surface area contributed by atoms with Crippen LogP contribution in [0.2, 0.25) is 0 Å². The van der Waals surface area contributed by atoms with Crippen LogP contribution in [0.3, 0.4) is 0 Å². The van der Waals surface area contributed by atoms with Gasteiger partial charge in [0, 0.05) is 41.4 Å². The molecule has 0 aliphatic carbocycles. The Morgan fingerprint density at radius 1 is 0.914 bits per heavy atom. The third kappa shape index (κ3) is 7.36. The first-order valence-electron chi connectivity index (χ1n) is 11.2. The monoisotopic (exact) mass is 475 g/mol. The maximum Gasteiger partial charge on any atom is 0.254 e. The van der Waals surface area contributed by atoms with Gasteiger partial charge in [0.05, 0.1) is 12.0 Å². The van der Waals surface area contributed by atoms with Gasteiger partial charge < -0.3 is 16.0 Å². The van der Waals surface area contributed by atoms with Gasteiger partial charge in [0.25, 0.3) is 11.5 Å². The van der Waals surface area contributed by atoms with Gasteiger partial charge in [-0.2, -0.15) is 0 Å². The van der Waals surface area contributed by atoms with Crippen LogP contribution in [0.25, 0.3) is 11.3 Å². The zero-order valence-electron chi connectivity index (χ0n) is 20.0. The predicted octanol–water partition coefficient (Wildman–Crippen LogP) is 2.44. The summed E-state index contributed by atoms with van der Waals surface area (Å²) in [7, 11) is 0. The number of carbonyl (C=O) groups excluding carboxylic acids is 3. The molecule has 0 unspecified atom stereocenters. The van der Waals surface area contributed by atoms with Gasteiger partial charge in [-0.15, -0.1) is 0 Å². The number of nitrogens with one attached hydrogen (secondary N) is 3. The van der Waals surface area contributed by atoms with Gasteiger partial charge in [-0.25, -0.2) is 4.98 Å². The lowest BCUT2D eigenvalue weighted by molar-refractivity contribution is -0.123. The summed E-state index contributed by atoms with van der Waals surface area (Å²) in [6, 6.07) is 17.2. The van der Waals surface area contributed by atoms with Crippen LogP contribution in [0.4, 0.5) is 5.69 Å². The summed E-state index contributed by atoms with van der Waals surface area (Å²) < 4.78 is 1.22. The highest BCUT2D eigenvalue weighted by molar-refractivity contribution is 5.97. The average molecular weight is 476 g/mol. The van der Waals surface area contributed by atoms with E-state index < -0.39 is 5.41 Å². The van der Waals surface area contributed by atoms with Crippen molar-refractivity contribution in [1.82, 2.24) is 20.2 Å². The van der Waals surface area contributed by atoms with Gasteiger partial charge in [0.15, 0.2) is 0 Å². The molecule has 3 N–H and O–H groups in total. The van der Waals surface area contributed by atoms with Crippen LogP contribution in [0.15, 0.2) is 71.8 Å². The fourth-order valence-electron chi connectivity index (χ4n) is 3.03. The summed E-state index contributed by atoms with van der Waals surface area (Å²) in [6.07, 6.45) is 1.35. The topological polar surface area (TPSA) is 122 Å². The van der Waals surface area contributed by atoms with Crippen LogP contribution in [0, 0.1) is 5.41 Å². The second-order valence-electron chi connectivity index (χ2n) is 8.99. The van der Waals surface area contributed by atoms with Crippen LogP contribution in [-0.2, 0) is 16.1 Å². The fraction of sp³-hybridized carbons (Fsp3) is 0.269. The van der Waals surface area contributed by atoms with E-state index in [9.17, 15) is 19.2 Å². The van der Waals surface area contributed by atoms with E-state index in [1.54, 1.807) is 24.3 Å². The number of aromatic nitrogens is 2. The van der Waals surface area contributed by atoms with Crippen molar-refractivity contribution in [2.24, 2.45) is 5.41 Å². The van der Waals surface area contributed by atoms with Gasteiger partial charge >= 0.3 is 0 Å². The lowest BCUT2D eigenvalue weighted by Gasteiger charge is -2.17. The van der Waals surface area contributed by atoms with Gasteiger partial charge in [0.2, 0.25) is 11.8 Å². The standard InChI is InChI=1S/C26H29N5O4/c1-26(2,3)25(35)30-20-11-9-19(10-12-20)24(34)28-14-13-27-22(32)16-31-17-29-21(15-23(31)33)18-7-5-4-6-8-18/h4-12,15,17H,13-14,16H2,1-3H3,(H,27,32)(H,28,34)(H,30,35). The van der Waals surface area contributed by atoms with Crippen LogP contribution in [0.5, 0.6) is 0 Å². The Balaban J connectivity index is 1.43. The molecule has 0 radical (unpaired) electrons. The molecule has 0 bridgehead atoms. The van der Waals surface area contributed by atoms with Crippen molar-refractivity contribution in [3.05, 3.63) is 82.9 Å². The number of hydrogen-bond acceptors (Lipinski definition) is 5. The molecule has 2 aromatic carbocycles. The average Bonchev–Trinajstić information content (AvgIpc) is 2.83. The molecule has 3 rings (SSSR count). The predicted molar refractivity (Wildman–Crippen MR) is 134 cm³/mol. The van der Waals surface area contributed by atoms with E-state index in [1.165, 1.54) is 17.0 Å². The summed E-state index contributed by atoms with van der Waals surface area (Å²) in [5.74, 6) is -0.782. The van der Waals surface area contributed by atoms with E-state index >= 15 is 0 Å². The number of benzene rings is 2. The summed E-state index contributed by atoms with van der Waals surface area (Å²) in [4.78, 5) is 53.1. The lowest BCUT2D eigenvalue weighted by atomic mass is 9.95. The molecule has 0 aliphatic heterocycles. The SMILES string of the molecule is CC(C)(C)C(=O)Nc1ccc(C(=O)NCCNC(=O)Cn2cnc(-c3ccccc3)cc2=O)cc1. The van der Waals surface area contributed by atoms with E-state index in [-0.39, 0.29) is 42.9 Å². The summed E-state index contributed by atoms with van der Waals surface area (Å²) >= 11 is 0. The van der Waals surface area contributed by atoms with Gasteiger partial charge in [-0.1, -0.05) is 51.1 Å². The molecule has 1 aromatic heterocycles. The second-order valence-corrected chi connectivity index (χ2v) is 8.99. The third-order valence-corrected chi connectivity index (χ3v) is 5.08. The Labute approximate surface area is 203 Å². The molecule has 3 aromatic rings. The minimum absolute atomic E-state index is 0.115. The molecule has 0 atom stereocenters. The van der Waals surface area contributed by atoms with E-state index in [0.29, 0.717) is 16.9 Å². The molecule has 0 spiro atoms. The van der Waals surface area contributed by atoms with Crippen LogP contribution in [0.1, 0.15) is 31.1 Å². The maximum absolute atomic E-state index is 12.3. The zero-order chi connectivity index (χ0) is 25.4. The number of anilines is 1. The highest BCUT2D eigenvalue weighted by Gasteiger charge is 2.21. The van der Waals surface area contributed by atoms with Gasteiger partial charge in [0.1, 0.15) is 6.54 Å². The molecule has 3 amide bonds. The van der Waals surface area contributed by atoms with Crippen molar-refractivity contribution < 1.29 is 14.4 Å². The molecule has 182 valence electrons. The molecule has 0 fully saturated rings. The normalized spacial score (nSPS) is 10.9. The first kappa shape index (κ1) is 25.4. The number of carbonyl (C=O) groups is 3. The Hall–Kier alpha value is -4.27. The Kier molecular flexibility index (Phi) is 8.14. The Morgan fingerprint density at radius 2 is 1.57 bits per heavy atom. The number of nitrogens with zero attached hydrogens (tertiary/aromatic N) is 2. The quantitative estimate of drug-likeness (QED) is 0.432. The van der Waals surface area contributed by atoms with Crippen molar-refractivity contribution >= 4 is 23.4 Å². The van der Waals surface area contributed by atoms with Crippen molar-refractivity contribution in [1.29, 1.82) is 0 Å². The van der Waals surface area contributed by atoms with Crippen LogP contribution < -0.4 is 21.5 Å². The Bertz CT molecular complexity index is 1250. The lowest BCUT2D eigenvalue weighted by Crippen LogP contribution is -2.37. The van der Waals surface area contributed by atoms with Gasteiger partial charge in [-0.3, -0.25) is 23.7 Å². The zero-order valence-corrected chi connectivity index (χ0v) is 20.0. The molecule has 0 saturated carbocycles. The highest BCUT2D eigenvalue weighted by Crippen LogP contribution is 2.18. The molecule has 9 heteroatoms. The first-order chi connectivity index (χ1) is 16.6. The molecule has 35 heavy (non-hydrogen) atoms. The minimum Gasteiger partial charge on any atom is -0.353 e. The first-order valence-corrected chi connectivity index (χ1v) is 11.2. The van der Waals surface area contributed by atoms with Crippen molar-refractivity contribution in [2.75, 3.05) is 18.4 Å². The molecule has 0 saturated heterocycles. The van der Waals surface area contributed by atoms with Crippen molar-refractivity contribution in [3.8, 4) is 11.3 Å².